The van der Waals surface area contributed by atoms with Crippen LogP contribution in [0.15, 0.2) is 36.9 Å². The monoisotopic (exact) mass is 333 g/mol. The number of thiazole rings is 1. The SMILES string of the molecule is CC(C)(C)c1nc(Nc2ccccc2Cl)sc1-n1cncn1. The van der Waals surface area contributed by atoms with Crippen LogP contribution in [0.25, 0.3) is 5.00 Å². The van der Waals surface area contributed by atoms with Crippen LogP contribution in [0.4, 0.5) is 10.8 Å². The summed E-state index contributed by atoms with van der Waals surface area (Å²) in [6.45, 7) is 6.38. The molecule has 0 bridgehead atoms. The quantitative estimate of drug-likeness (QED) is 0.771. The number of nitrogens with zero attached hydrogens (tertiary/aromatic N) is 4. The first kappa shape index (κ1) is 15.0. The molecule has 0 amide bonds. The molecule has 114 valence electrons. The minimum absolute atomic E-state index is 0.0990. The van der Waals surface area contributed by atoms with Crippen molar-refractivity contribution in [2.24, 2.45) is 0 Å². The smallest absolute Gasteiger partial charge is 0.189 e. The fourth-order valence-corrected chi connectivity index (χ4v) is 3.30. The van der Waals surface area contributed by atoms with Crippen molar-refractivity contribution in [3.8, 4) is 5.00 Å². The molecule has 22 heavy (non-hydrogen) atoms. The van der Waals surface area contributed by atoms with Crippen molar-refractivity contribution in [1.29, 1.82) is 0 Å². The van der Waals surface area contributed by atoms with Crippen LogP contribution in [0.5, 0.6) is 0 Å². The second-order valence-corrected chi connectivity index (χ2v) is 7.25. The summed E-state index contributed by atoms with van der Waals surface area (Å²) < 4.78 is 1.75. The Morgan fingerprint density at radius 1 is 1.23 bits per heavy atom. The van der Waals surface area contributed by atoms with E-state index >= 15 is 0 Å². The molecule has 3 aromatic rings. The highest BCUT2D eigenvalue weighted by Crippen LogP contribution is 2.36. The van der Waals surface area contributed by atoms with Gasteiger partial charge in [0.25, 0.3) is 0 Å². The van der Waals surface area contributed by atoms with Gasteiger partial charge in [-0.3, -0.25) is 0 Å². The van der Waals surface area contributed by atoms with Gasteiger partial charge in [0, 0.05) is 5.41 Å². The molecule has 0 fully saturated rings. The zero-order valence-electron chi connectivity index (χ0n) is 12.5. The van der Waals surface area contributed by atoms with Gasteiger partial charge in [0.05, 0.1) is 16.4 Å². The molecule has 0 radical (unpaired) electrons. The molecule has 1 N–H and O–H groups in total. The number of hydrogen-bond donors (Lipinski definition) is 1. The maximum atomic E-state index is 6.20. The highest BCUT2D eigenvalue weighted by atomic mass is 35.5. The van der Waals surface area contributed by atoms with E-state index in [0.29, 0.717) is 5.02 Å². The molecule has 0 aliphatic heterocycles. The van der Waals surface area contributed by atoms with Crippen molar-refractivity contribution in [3.05, 3.63) is 47.6 Å². The van der Waals surface area contributed by atoms with Gasteiger partial charge in [-0.05, 0) is 12.1 Å². The average molecular weight is 334 g/mol. The molecule has 7 heteroatoms. The van der Waals surface area contributed by atoms with Crippen LogP contribution in [0, 0.1) is 0 Å². The summed E-state index contributed by atoms with van der Waals surface area (Å²) in [5.41, 5.74) is 1.71. The molecule has 0 atom stereocenters. The van der Waals surface area contributed by atoms with E-state index in [1.54, 1.807) is 11.0 Å². The summed E-state index contributed by atoms with van der Waals surface area (Å²) in [6, 6.07) is 7.61. The van der Waals surface area contributed by atoms with Gasteiger partial charge >= 0.3 is 0 Å². The zero-order valence-corrected chi connectivity index (χ0v) is 14.1. The molecule has 0 saturated carbocycles. The van der Waals surface area contributed by atoms with E-state index in [9.17, 15) is 0 Å². The first-order valence-corrected chi connectivity index (χ1v) is 8.02. The van der Waals surface area contributed by atoms with Crippen molar-refractivity contribution in [2.75, 3.05) is 5.32 Å². The molecule has 0 saturated heterocycles. The van der Waals surface area contributed by atoms with Crippen molar-refractivity contribution in [1.82, 2.24) is 19.7 Å². The predicted molar refractivity (Wildman–Crippen MR) is 90.5 cm³/mol. The first-order valence-electron chi connectivity index (χ1n) is 6.83. The van der Waals surface area contributed by atoms with Crippen LogP contribution in [-0.4, -0.2) is 19.7 Å². The summed E-state index contributed by atoms with van der Waals surface area (Å²) in [4.78, 5) is 8.75. The Balaban J connectivity index is 2.02. The maximum Gasteiger partial charge on any atom is 0.189 e. The molecule has 0 unspecified atom stereocenters. The van der Waals surface area contributed by atoms with Gasteiger partial charge in [-0.1, -0.05) is 55.8 Å². The molecule has 0 spiro atoms. The fraction of sp³-hybridized carbons (Fsp3) is 0.267. The Morgan fingerprint density at radius 3 is 2.64 bits per heavy atom. The Labute approximate surface area is 138 Å². The van der Waals surface area contributed by atoms with E-state index in [2.05, 4.69) is 36.2 Å². The fourth-order valence-electron chi connectivity index (χ4n) is 2.00. The second kappa shape index (κ2) is 5.70. The number of aromatic nitrogens is 4. The lowest BCUT2D eigenvalue weighted by atomic mass is 9.92. The number of rotatable bonds is 3. The third-order valence-electron chi connectivity index (χ3n) is 3.06. The van der Waals surface area contributed by atoms with Crippen LogP contribution in [0.2, 0.25) is 5.02 Å². The molecule has 0 aliphatic rings. The molecular formula is C15H16ClN5S. The molecule has 1 aromatic carbocycles. The summed E-state index contributed by atoms with van der Waals surface area (Å²) in [6.07, 6.45) is 3.20. The number of anilines is 2. The van der Waals surface area contributed by atoms with E-state index in [1.807, 2.05) is 24.3 Å². The summed E-state index contributed by atoms with van der Waals surface area (Å²) in [7, 11) is 0. The Morgan fingerprint density at radius 2 is 2.00 bits per heavy atom. The lowest BCUT2D eigenvalue weighted by molar-refractivity contribution is 0.567. The zero-order chi connectivity index (χ0) is 15.7. The van der Waals surface area contributed by atoms with E-state index < -0.39 is 0 Å². The van der Waals surface area contributed by atoms with Crippen molar-refractivity contribution in [2.45, 2.75) is 26.2 Å². The number of halogens is 1. The Bertz CT molecular complexity index is 774. The van der Waals surface area contributed by atoms with Crippen molar-refractivity contribution >= 4 is 33.8 Å². The molecule has 2 aromatic heterocycles. The van der Waals surface area contributed by atoms with Gasteiger partial charge in [0.2, 0.25) is 0 Å². The summed E-state index contributed by atoms with van der Waals surface area (Å²) in [5, 5.41) is 9.90. The number of benzene rings is 1. The van der Waals surface area contributed by atoms with Gasteiger partial charge in [-0.15, -0.1) is 0 Å². The molecular weight excluding hydrogens is 318 g/mol. The van der Waals surface area contributed by atoms with Gasteiger partial charge < -0.3 is 5.32 Å². The molecule has 0 aliphatic carbocycles. The highest BCUT2D eigenvalue weighted by molar-refractivity contribution is 7.18. The van der Waals surface area contributed by atoms with Crippen LogP contribution >= 0.6 is 22.9 Å². The third-order valence-corrected chi connectivity index (χ3v) is 4.35. The number of nitrogens with one attached hydrogen (secondary N) is 1. The van der Waals surface area contributed by atoms with Crippen molar-refractivity contribution < 1.29 is 0 Å². The predicted octanol–water partition coefficient (Wildman–Crippen LogP) is 4.42. The maximum absolute atomic E-state index is 6.20. The molecule has 2 heterocycles. The van der Waals surface area contributed by atoms with E-state index in [1.165, 1.54) is 17.7 Å². The van der Waals surface area contributed by atoms with E-state index in [4.69, 9.17) is 16.6 Å². The van der Waals surface area contributed by atoms with Crippen LogP contribution in [-0.2, 0) is 5.41 Å². The van der Waals surface area contributed by atoms with Crippen LogP contribution in [0.1, 0.15) is 26.5 Å². The normalized spacial score (nSPS) is 11.6. The number of para-hydroxylation sites is 1. The van der Waals surface area contributed by atoms with Crippen LogP contribution in [0.3, 0.4) is 0 Å². The van der Waals surface area contributed by atoms with Gasteiger partial charge in [-0.2, -0.15) is 5.10 Å². The Hall–Kier alpha value is -1.92. The minimum atomic E-state index is -0.0990. The summed E-state index contributed by atoms with van der Waals surface area (Å²) in [5.74, 6) is 0. The average Bonchev–Trinajstić information content (AvgIpc) is 3.09. The largest absolute Gasteiger partial charge is 0.330 e. The molecule has 5 nitrogen and oxygen atoms in total. The van der Waals surface area contributed by atoms with E-state index in [0.717, 1.165) is 21.5 Å². The third kappa shape index (κ3) is 2.98. The van der Waals surface area contributed by atoms with E-state index in [-0.39, 0.29) is 5.41 Å². The lowest BCUT2D eigenvalue weighted by Gasteiger charge is -2.16. The Kier molecular flexibility index (Phi) is 3.88. The van der Waals surface area contributed by atoms with Gasteiger partial charge in [-0.25, -0.2) is 14.6 Å². The van der Waals surface area contributed by atoms with Crippen molar-refractivity contribution in [3.63, 3.8) is 0 Å². The number of hydrogen-bond acceptors (Lipinski definition) is 5. The second-order valence-electron chi connectivity index (χ2n) is 5.87. The minimum Gasteiger partial charge on any atom is -0.330 e. The van der Waals surface area contributed by atoms with Gasteiger partial charge in [0.1, 0.15) is 17.7 Å². The first-order chi connectivity index (χ1) is 10.4. The topological polar surface area (TPSA) is 55.6 Å². The molecule has 3 rings (SSSR count). The van der Waals surface area contributed by atoms with Gasteiger partial charge in [0.15, 0.2) is 5.13 Å². The van der Waals surface area contributed by atoms with Crippen LogP contribution < -0.4 is 5.32 Å². The summed E-state index contributed by atoms with van der Waals surface area (Å²) >= 11 is 7.72. The highest BCUT2D eigenvalue weighted by Gasteiger charge is 2.25. The standard InChI is InChI=1S/C15H16ClN5S/c1-15(2,3)12-13(21-9-17-8-18-21)22-14(20-12)19-11-7-5-4-6-10(11)16/h4-9H,1-3H3,(H,19,20). The lowest BCUT2D eigenvalue weighted by Crippen LogP contribution is -2.15.